The Hall–Kier alpha value is -2.49. The molecule has 0 saturated carbocycles. The second-order valence-electron chi connectivity index (χ2n) is 3.78. The fourth-order valence-electron chi connectivity index (χ4n) is 1.36. The lowest BCUT2D eigenvalue weighted by atomic mass is 10.4. The minimum atomic E-state index is -3.81. The SMILES string of the molecule is O=C(O)CCn1cc(S(=O)(=O)Nc2cnccn2)cn1. The number of hydrogen-bond donors (Lipinski definition) is 2. The first-order valence-electron chi connectivity index (χ1n) is 5.50. The Morgan fingerprint density at radius 2 is 2.15 bits per heavy atom. The molecule has 0 spiro atoms. The Labute approximate surface area is 114 Å². The van der Waals surface area contributed by atoms with Crippen molar-refractivity contribution in [2.24, 2.45) is 0 Å². The molecule has 2 aromatic rings. The van der Waals surface area contributed by atoms with Gasteiger partial charge in [0, 0.05) is 18.6 Å². The van der Waals surface area contributed by atoms with Crippen LogP contribution in [0.2, 0.25) is 0 Å². The van der Waals surface area contributed by atoms with Crippen molar-refractivity contribution in [3.05, 3.63) is 31.0 Å². The maximum atomic E-state index is 12.0. The number of aliphatic carboxylic acids is 1. The summed E-state index contributed by atoms with van der Waals surface area (Å²) >= 11 is 0. The number of nitrogens with one attached hydrogen (secondary N) is 1. The van der Waals surface area contributed by atoms with Gasteiger partial charge in [-0.25, -0.2) is 13.4 Å². The highest BCUT2D eigenvalue weighted by atomic mass is 32.2. The average Bonchev–Trinajstić information content (AvgIpc) is 2.86. The van der Waals surface area contributed by atoms with E-state index in [0.29, 0.717) is 0 Å². The van der Waals surface area contributed by atoms with Crippen molar-refractivity contribution in [1.29, 1.82) is 0 Å². The van der Waals surface area contributed by atoms with E-state index >= 15 is 0 Å². The molecule has 0 aliphatic heterocycles. The zero-order valence-electron chi connectivity index (χ0n) is 10.2. The molecule has 2 N–H and O–H groups in total. The number of aryl methyl sites for hydroxylation is 1. The third-order valence-electron chi connectivity index (χ3n) is 2.28. The summed E-state index contributed by atoms with van der Waals surface area (Å²) in [5.74, 6) is -0.895. The maximum absolute atomic E-state index is 12.0. The Kier molecular flexibility index (Phi) is 3.94. The smallest absolute Gasteiger partial charge is 0.305 e. The normalized spacial score (nSPS) is 11.2. The number of nitrogens with zero attached hydrogens (tertiary/aromatic N) is 4. The van der Waals surface area contributed by atoms with Crippen LogP contribution in [0.4, 0.5) is 5.82 Å². The average molecular weight is 297 g/mol. The molecule has 10 heteroatoms. The molecular weight excluding hydrogens is 286 g/mol. The molecule has 2 aromatic heterocycles. The van der Waals surface area contributed by atoms with Crippen LogP contribution < -0.4 is 4.72 Å². The van der Waals surface area contributed by atoms with Gasteiger partial charge in [-0.2, -0.15) is 5.10 Å². The lowest BCUT2D eigenvalue weighted by Gasteiger charge is -2.03. The fourth-order valence-corrected chi connectivity index (χ4v) is 2.31. The van der Waals surface area contributed by atoms with E-state index in [9.17, 15) is 13.2 Å². The number of hydrogen-bond acceptors (Lipinski definition) is 6. The molecule has 2 heterocycles. The highest BCUT2D eigenvalue weighted by Gasteiger charge is 2.17. The number of aromatic nitrogens is 4. The molecule has 0 aliphatic carbocycles. The lowest BCUT2D eigenvalue weighted by Crippen LogP contribution is -2.13. The molecule has 0 amide bonds. The largest absolute Gasteiger partial charge is 0.481 e. The van der Waals surface area contributed by atoms with E-state index in [1.54, 1.807) is 0 Å². The van der Waals surface area contributed by atoms with Crippen LogP contribution in [0.25, 0.3) is 0 Å². The van der Waals surface area contributed by atoms with Crippen LogP contribution in [0.1, 0.15) is 6.42 Å². The summed E-state index contributed by atoms with van der Waals surface area (Å²) in [6.45, 7) is 0.0932. The summed E-state index contributed by atoms with van der Waals surface area (Å²) < 4.78 is 27.5. The van der Waals surface area contributed by atoms with Gasteiger partial charge < -0.3 is 5.11 Å². The molecule has 0 aromatic carbocycles. The third kappa shape index (κ3) is 3.51. The van der Waals surface area contributed by atoms with Crippen molar-refractivity contribution in [3.8, 4) is 0 Å². The van der Waals surface area contributed by atoms with Gasteiger partial charge >= 0.3 is 5.97 Å². The van der Waals surface area contributed by atoms with Crippen LogP contribution >= 0.6 is 0 Å². The molecule has 2 rings (SSSR count). The summed E-state index contributed by atoms with van der Waals surface area (Å²) in [5, 5.41) is 12.3. The molecule has 20 heavy (non-hydrogen) atoms. The number of carboxylic acids is 1. The summed E-state index contributed by atoms with van der Waals surface area (Å²) in [5.41, 5.74) is 0. The molecule has 0 unspecified atom stereocenters. The molecule has 0 bridgehead atoms. The Balaban J connectivity index is 2.12. The highest BCUT2D eigenvalue weighted by Crippen LogP contribution is 2.12. The van der Waals surface area contributed by atoms with Gasteiger partial charge in [0.25, 0.3) is 10.0 Å². The number of anilines is 1. The van der Waals surface area contributed by atoms with Gasteiger partial charge in [-0.15, -0.1) is 0 Å². The summed E-state index contributed by atoms with van der Waals surface area (Å²) in [4.78, 5) is 17.9. The van der Waals surface area contributed by atoms with E-state index in [4.69, 9.17) is 5.11 Å². The number of carboxylic acid groups (broad SMARTS) is 1. The third-order valence-corrected chi connectivity index (χ3v) is 3.59. The zero-order chi connectivity index (χ0) is 14.6. The minimum absolute atomic E-state index is 0.0754. The Bertz CT molecular complexity index is 697. The quantitative estimate of drug-likeness (QED) is 0.765. The topological polar surface area (TPSA) is 127 Å². The van der Waals surface area contributed by atoms with Gasteiger partial charge in [0.15, 0.2) is 5.82 Å². The van der Waals surface area contributed by atoms with Gasteiger partial charge in [0.05, 0.1) is 25.4 Å². The lowest BCUT2D eigenvalue weighted by molar-refractivity contribution is -0.137. The van der Waals surface area contributed by atoms with Gasteiger partial charge in [-0.1, -0.05) is 0 Å². The van der Waals surface area contributed by atoms with Gasteiger partial charge in [0.2, 0.25) is 0 Å². The summed E-state index contributed by atoms with van der Waals surface area (Å²) in [6, 6.07) is 0. The van der Waals surface area contributed by atoms with E-state index in [1.807, 2.05) is 0 Å². The number of carbonyl (C=O) groups is 1. The Morgan fingerprint density at radius 1 is 1.35 bits per heavy atom. The second-order valence-corrected chi connectivity index (χ2v) is 5.46. The van der Waals surface area contributed by atoms with E-state index in [1.165, 1.54) is 29.5 Å². The monoisotopic (exact) mass is 297 g/mol. The van der Waals surface area contributed by atoms with Gasteiger partial charge in [-0.3, -0.25) is 19.2 Å². The molecular formula is C10H11N5O4S. The van der Waals surface area contributed by atoms with Crippen LogP contribution in [0.5, 0.6) is 0 Å². The molecule has 0 atom stereocenters. The van der Waals surface area contributed by atoms with Gasteiger partial charge in [-0.05, 0) is 0 Å². The standard InChI is InChI=1S/C10H11N5O4S/c16-10(17)1-4-15-7-8(5-13-15)20(18,19)14-9-6-11-2-3-12-9/h2-3,5-7H,1,4H2,(H,12,14)(H,16,17). The molecule has 0 fully saturated rings. The van der Waals surface area contributed by atoms with Crippen LogP contribution in [0, 0.1) is 0 Å². The predicted octanol–water partition coefficient (Wildman–Crippen LogP) is -0.0514. The van der Waals surface area contributed by atoms with E-state index < -0.39 is 16.0 Å². The Morgan fingerprint density at radius 3 is 2.80 bits per heavy atom. The fraction of sp³-hybridized carbons (Fsp3) is 0.200. The van der Waals surface area contributed by atoms with E-state index in [-0.39, 0.29) is 23.7 Å². The van der Waals surface area contributed by atoms with E-state index in [0.717, 1.165) is 6.20 Å². The van der Waals surface area contributed by atoms with Crippen molar-refractivity contribution in [2.75, 3.05) is 4.72 Å². The first-order chi connectivity index (χ1) is 9.47. The van der Waals surface area contributed by atoms with Crippen molar-refractivity contribution in [3.63, 3.8) is 0 Å². The summed E-state index contributed by atoms with van der Waals surface area (Å²) in [7, 11) is -3.81. The van der Waals surface area contributed by atoms with Crippen LogP contribution in [0.3, 0.4) is 0 Å². The zero-order valence-corrected chi connectivity index (χ0v) is 11.0. The predicted molar refractivity (Wildman–Crippen MR) is 67.3 cm³/mol. The van der Waals surface area contributed by atoms with Crippen molar-refractivity contribution < 1.29 is 18.3 Å². The molecule has 106 valence electrons. The van der Waals surface area contributed by atoms with Crippen molar-refractivity contribution >= 4 is 21.8 Å². The molecule has 0 radical (unpaired) electrons. The molecule has 0 saturated heterocycles. The van der Waals surface area contributed by atoms with Crippen LogP contribution in [-0.2, 0) is 21.4 Å². The van der Waals surface area contributed by atoms with Crippen molar-refractivity contribution in [1.82, 2.24) is 19.7 Å². The maximum Gasteiger partial charge on any atom is 0.305 e. The van der Waals surface area contributed by atoms with Crippen molar-refractivity contribution in [2.45, 2.75) is 17.9 Å². The van der Waals surface area contributed by atoms with E-state index in [2.05, 4.69) is 19.8 Å². The first-order valence-corrected chi connectivity index (χ1v) is 6.99. The van der Waals surface area contributed by atoms with Crippen LogP contribution in [-0.4, -0.2) is 39.2 Å². The highest BCUT2D eigenvalue weighted by molar-refractivity contribution is 7.92. The first kappa shape index (κ1) is 13.9. The molecule has 9 nitrogen and oxygen atoms in total. The number of sulfonamides is 1. The minimum Gasteiger partial charge on any atom is -0.481 e. The molecule has 0 aliphatic rings. The summed E-state index contributed by atoms with van der Waals surface area (Å²) in [6.07, 6.45) is 6.29. The van der Waals surface area contributed by atoms with Crippen LogP contribution in [0.15, 0.2) is 35.9 Å². The number of rotatable bonds is 6. The second kappa shape index (κ2) is 5.65. The van der Waals surface area contributed by atoms with Gasteiger partial charge in [0.1, 0.15) is 4.90 Å².